The molecule has 2 aromatic rings. The van der Waals surface area contributed by atoms with Gasteiger partial charge in [0, 0.05) is 5.69 Å². The van der Waals surface area contributed by atoms with Crippen molar-refractivity contribution in [2.45, 2.75) is 12.3 Å². The molecular weight excluding hydrogens is 188 g/mol. The van der Waals surface area contributed by atoms with Gasteiger partial charge in [0.1, 0.15) is 10.9 Å². The van der Waals surface area contributed by atoms with Crippen LogP contribution in [-0.2, 0) is 0 Å². The maximum atomic E-state index is 5.83. The van der Waals surface area contributed by atoms with Crippen LogP contribution in [0.25, 0.3) is 11.1 Å². The van der Waals surface area contributed by atoms with Gasteiger partial charge in [-0.05, 0) is 25.1 Å². The molecule has 0 fully saturated rings. The Morgan fingerprint density at radius 3 is 3.00 bits per heavy atom. The molecule has 0 spiro atoms. The minimum atomic E-state index is -0.214. The third kappa shape index (κ3) is 1.47. The monoisotopic (exact) mass is 196 g/mol. The average Bonchev–Trinajstić information content (AvgIpc) is 2.46. The number of fused-ring (bicyclic) bond motifs is 1. The zero-order valence-corrected chi connectivity index (χ0v) is 7.88. The van der Waals surface area contributed by atoms with E-state index in [0.717, 1.165) is 11.1 Å². The summed E-state index contributed by atoms with van der Waals surface area (Å²) in [5.41, 5.74) is 7.74. The van der Waals surface area contributed by atoms with Crippen LogP contribution in [0.15, 0.2) is 22.6 Å². The van der Waals surface area contributed by atoms with Crippen LogP contribution in [0.5, 0.6) is 0 Å². The van der Waals surface area contributed by atoms with E-state index in [2.05, 4.69) is 4.98 Å². The number of hydrogen-bond acceptors (Lipinski definition) is 3. The molecule has 2 rings (SSSR count). The number of aromatic nitrogens is 1. The lowest BCUT2D eigenvalue weighted by Crippen LogP contribution is -1.83. The summed E-state index contributed by atoms with van der Waals surface area (Å²) >= 11 is 5.83. The van der Waals surface area contributed by atoms with Crippen molar-refractivity contribution in [3.63, 3.8) is 0 Å². The van der Waals surface area contributed by atoms with Crippen molar-refractivity contribution < 1.29 is 4.42 Å². The molecule has 1 atom stereocenters. The van der Waals surface area contributed by atoms with E-state index in [1.54, 1.807) is 18.2 Å². The predicted octanol–water partition coefficient (Wildman–Crippen LogP) is 2.71. The molecule has 13 heavy (non-hydrogen) atoms. The summed E-state index contributed by atoms with van der Waals surface area (Å²) in [7, 11) is 0. The fourth-order valence-corrected chi connectivity index (χ4v) is 1.23. The number of nitrogens with two attached hydrogens (primary N) is 1. The summed E-state index contributed by atoms with van der Waals surface area (Å²) in [6.07, 6.45) is 0. The molecule has 1 unspecified atom stereocenters. The second-order valence-electron chi connectivity index (χ2n) is 2.90. The number of anilines is 1. The molecule has 0 aliphatic heterocycles. The Morgan fingerprint density at radius 1 is 1.54 bits per heavy atom. The van der Waals surface area contributed by atoms with E-state index in [0.29, 0.717) is 11.6 Å². The van der Waals surface area contributed by atoms with Crippen LogP contribution in [0.2, 0.25) is 0 Å². The molecule has 0 bridgehead atoms. The van der Waals surface area contributed by atoms with Crippen molar-refractivity contribution in [2.24, 2.45) is 0 Å². The van der Waals surface area contributed by atoms with Crippen molar-refractivity contribution in [2.75, 3.05) is 5.73 Å². The third-order valence-electron chi connectivity index (χ3n) is 1.77. The van der Waals surface area contributed by atoms with Crippen molar-refractivity contribution in [3.05, 3.63) is 24.1 Å². The highest BCUT2D eigenvalue weighted by molar-refractivity contribution is 6.20. The Bertz CT molecular complexity index is 436. The first-order valence-corrected chi connectivity index (χ1v) is 4.40. The lowest BCUT2D eigenvalue weighted by Gasteiger charge is -1.91. The maximum Gasteiger partial charge on any atom is 0.213 e. The summed E-state index contributed by atoms with van der Waals surface area (Å²) < 4.78 is 5.39. The van der Waals surface area contributed by atoms with Gasteiger partial charge in [0.2, 0.25) is 5.89 Å². The van der Waals surface area contributed by atoms with Gasteiger partial charge in [-0.15, -0.1) is 11.6 Å². The van der Waals surface area contributed by atoms with Crippen molar-refractivity contribution in [3.8, 4) is 0 Å². The van der Waals surface area contributed by atoms with Crippen LogP contribution >= 0.6 is 11.6 Å². The Hall–Kier alpha value is -1.22. The van der Waals surface area contributed by atoms with Gasteiger partial charge in [-0.2, -0.15) is 0 Å². The molecule has 0 aliphatic carbocycles. The van der Waals surface area contributed by atoms with Crippen molar-refractivity contribution in [1.82, 2.24) is 4.98 Å². The quantitative estimate of drug-likeness (QED) is 0.564. The van der Waals surface area contributed by atoms with Gasteiger partial charge in [-0.3, -0.25) is 0 Å². The minimum Gasteiger partial charge on any atom is -0.439 e. The molecule has 68 valence electrons. The van der Waals surface area contributed by atoms with Crippen LogP contribution in [0.4, 0.5) is 5.69 Å². The Morgan fingerprint density at radius 2 is 2.31 bits per heavy atom. The van der Waals surface area contributed by atoms with E-state index in [1.807, 2.05) is 6.92 Å². The molecule has 2 N–H and O–H groups in total. The standard InChI is InChI=1S/C9H9ClN2O/c1-5(10)9-12-7-4-6(11)2-3-8(7)13-9/h2-5H,11H2,1H3. The number of hydrogen-bond donors (Lipinski definition) is 1. The number of benzene rings is 1. The van der Waals surface area contributed by atoms with Gasteiger partial charge < -0.3 is 10.2 Å². The molecule has 4 heteroatoms. The molecular formula is C9H9ClN2O. The normalized spacial score (nSPS) is 13.4. The molecule has 0 aliphatic rings. The SMILES string of the molecule is CC(Cl)c1nc2cc(N)ccc2o1. The summed E-state index contributed by atoms with van der Waals surface area (Å²) in [5, 5.41) is -0.214. The smallest absolute Gasteiger partial charge is 0.213 e. The zero-order chi connectivity index (χ0) is 9.42. The molecule has 0 radical (unpaired) electrons. The average molecular weight is 197 g/mol. The molecule has 1 aromatic carbocycles. The number of nitrogens with zero attached hydrogens (tertiary/aromatic N) is 1. The summed E-state index contributed by atoms with van der Waals surface area (Å²) in [6, 6.07) is 5.33. The van der Waals surface area contributed by atoms with Gasteiger partial charge in [0.05, 0.1) is 0 Å². The fraction of sp³-hybridized carbons (Fsp3) is 0.222. The van der Waals surface area contributed by atoms with Gasteiger partial charge in [-0.1, -0.05) is 0 Å². The third-order valence-corrected chi connectivity index (χ3v) is 1.96. The van der Waals surface area contributed by atoms with E-state index in [4.69, 9.17) is 21.8 Å². The largest absolute Gasteiger partial charge is 0.439 e. The highest BCUT2D eigenvalue weighted by Gasteiger charge is 2.10. The second-order valence-corrected chi connectivity index (χ2v) is 3.55. The lowest BCUT2D eigenvalue weighted by molar-refractivity contribution is 0.531. The number of rotatable bonds is 1. The number of nitrogen functional groups attached to an aromatic ring is 1. The Balaban J connectivity index is 2.62. The van der Waals surface area contributed by atoms with E-state index >= 15 is 0 Å². The zero-order valence-electron chi connectivity index (χ0n) is 7.12. The number of halogens is 1. The number of oxazole rings is 1. The van der Waals surface area contributed by atoms with E-state index in [9.17, 15) is 0 Å². The lowest BCUT2D eigenvalue weighted by atomic mass is 10.3. The first-order valence-electron chi connectivity index (χ1n) is 3.97. The molecule has 3 nitrogen and oxygen atoms in total. The van der Waals surface area contributed by atoms with Gasteiger partial charge in [-0.25, -0.2) is 4.98 Å². The number of alkyl halides is 1. The van der Waals surface area contributed by atoms with Gasteiger partial charge in [0.25, 0.3) is 0 Å². The van der Waals surface area contributed by atoms with Crippen LogP contribution in [-0.4, -0.2) is 4.98 Å². The van der Waals surface area contributed by atoms with E-state index in [-0.39, 0.29) is 5.38 Å². The van der Waals surface area contributed by atoms with Crippen LogP contribution in [0.1, 0.15) is 18.2 Å². The summed E-state index contributed by atoms with van der Waals surface area (Å²) in [5.74, 6) is 0.530. The van der Waals surface area contributed by atoms with Gasteiger partial charge >= 0.3 is 0 Å². The predicted molar refractivity (Wildman–Crippen MR) is 52.7 cm³/mol. The Labute approximate surface area is 80.5 Å². The molecule has 1 heterocycles. The summed E-state index contributed by atoms with van der Waals surface area (Å²) in [4.78, 5) is 4.19. The minimum absolute atomic E-state index is 0.214. The first kappa shape index (κ1) is 8.38. The van der Waals surface area contributed by atoms with Crippen LogP contribution in [0, 0.1) is 0 Å². The highest BCUT2D eigenvalue weighted by atomic mass is 35.5. The topological polar surface area (TPSA) is 52.0 Å². The van der Waals surface area contributed by atoms with Crippen LogP contribution < -0.4 is 5.73 Å². The summed E-state index contributed by atoms with van der Waals surface area (Å²) in [6.45, 7) is 1.82. The molecule has 1 aromatic heterocycles. The molecule has 0 saturated heterocycles. The van der Waals surface area contributed by atoms with Gasteiger partial charge in [0.15, 0.2) is 5.58 Å². The Kier molecular flexibility index (Phi) is 1.88. The molecule has 0 amide bonds. The second kappa shape index (κ2) is 2.92. The first-order chi connectivity index (χ1) is 6.16. The highest BCUT2D eigenvalue weighted by Crippen LogP contribution is 2.24. The molecule has 0 saturated carbocycles. The van der Waals surface area contributed by atoms with E-state index in [1.165, 1.54) is 0 Å². The fourth-order valence-electron chi connectivity index (χ4n) is 1.13. The van der Waals surface area contributed by atoms with Crippen molar-refractivity contribution in [1.29, 1.82) is 0 Å². The van der Waals surface area contributed by atoms with E-state index < -0.39 is 0 Å². The van der Waals surface area contributed by atoms with Crippen LogP contribution in [0.3, 0.4) is 0 Å². The van der Waals surface area contributed by atoms with Crippen molar-refractivity contribution >= 4 is 28.4 Å². The maximum absolute atomic E-state index is 5.83.